The SMILES string of the molecule is COc1ccc(S(=O)(=O)N(C)Cc2ccccc2N2CCOCC2)cc1[N+](=O)[O-]. The minimum absolute atomic E-state index is 0.00858. The van der Waals surface area contributed by atoms with Gasteiger partial charge in [-0.05, 0) is 23.8 Å². The van der Waals surface area contributed by atoms with E-state index in [1.807, 2.05) is 24.3 Å². The average Bonchev–Trinajstić information content (AvgIpc) is 2.74. The zero-order valence-corrected chi connectivity index (χ0v) is 17.1. The summed E-state index contributed by atoms with van der Waals surface area (Å²) in [5, 5.41) is 11.2. The van der Waals surface area contributed by atoms with Crippen molar-refractivity contribution in [3.8, 4) is 5.75 Å². The predicted octanol–water partition coefficient (Wildman–Crippen LogP) is 2.26. The second-order valence-corrected chi connectivity index (χ2v) is 8.62. The lowest BCUT2D eigenvalue weighted by molar-refractivity contribution is -0.386. The highest BCUT2D eigenvalue weighted by Crippen LogP contribution is 2.31. The van der Waals surface area contributed by atoms with Crippen LogP contribution in [0.5, 0.6) is 5.75 Å². The highest BCUT2D eigenvalue weighted by molar-refractivity contribution is 7.89. The number of sulfonamides is 1. The fourth-order valence-electron chi connectivity index (χ4n) is 3.24. The average molecular weight is 421 g/mol. The van der Waals surface area contributed by atoms with Crippen molar-refractivity contribution in [2.75, 3.05) is 45.4 Å². The molecule has 0 radical (unpaired) electrons. The van der Waals surface area contributed by atoms with Gasteiger partial charge in [0.1, 0.15) is 0 Å². The Morgan fingerprint density at radius 2 is 1.90 bits per heavy atom. The quantitative estimate of drug-likeness (QED) is 0.499. The van der Waals surface area contributed by atoms with Crippen molar-refractivity contribution >= 4 is 21.4 Å². The van der Waals surface area contributed by atoms with Crippen LogP contribution in [0, 0.1) is 10.1 Å². The van der Waals surface area contributed by atoms with Crippen LogP contribution in [-0.2, 0) is 21.3 Å². The molecule has 0 aromatic heterocycles. The molecular formula is C19H23N3O6S. The van der Waals surface area contributed by atoms with Crippen molar-refractivity contribution < 1.29 is 22.8 Å². The number of morpholine rings is 1. The third-order valence-corrected chi connectivity index (χ3v) is 6.59. The van der Waals surface area contributed by atoms with Gasteiger partial charge in [0.25, 0.3) is 0 Å². The van der Waals surface area contributed by atoms with Crippen LogP contribution in [0.2, 0.25) is 0 Å². The Balaban J connectivity index is 1.88. The molecule has 3 rings (SSSR count). The molecule has 0 atom stereocenters. The molecule has 1 fully saturated rings. The lowest BCUT2D eigenvalue weighted by Gasteiger charge is -2.31. The first-order chi connectivity index (χ1) is 13.8. The van der Waals surface area contributed by atoms with E-state index in [0.29, 0.717) is 13.2 Å². The van der Waals surface area contributed by atoms with Crippen molar-refractivity contribution in [3.63, 3.8) is 0 Å². The molecule has 1 aliphatic rings. The standard InChI is InChI=1S/C19H23N3O6S/c1-20(14-15-5-3-4-6-17(15)21-9-11-28-12-10-21)29(25,26)16-7-8-19(27-2)18(13-16)22(23)24/h3-8,13H,9-12,14H2,1-2H3. The summed E-state index contributed by atoms with van der Waals surface area (Å²) in [6.07, 6.45) is 0. The summed E-state index contributed by atoms with van der Waals surface area (Å²) in [6.45, 7) is 2.85. The van der Waals surface area contributed by atoms with Gasteiger partial charge in [0, 0.05) is 38.4 Å². The Labute approximate surface area is 169 Å². The molecule has 0 bridgehead atoms. The maximum absolute atomic E-state index is 13.0. The second kappa shape index (κ2) is 8.76. The van der Waals surface area contributed by atoms with Gasteiger partial charge in [-0.3, -0.25) is 10.1 Å². The molecule has 1 saturated heterocycles. The number of anilines is 1. The Bertz CT molecular complexity index is 989. The van der Waals surface area contributed by atoms with E-state index in [1.165, 1.54) is 30.6 Å². The zero-order valence-electron chi connectivity index (χ0n) is 16.3. The molecule has 2 aromatic rings. The molecule has 156 valence electrons. The maximum atomic E-state index is 13.0. The first-order valence-corrected chi connectivity index (χ1v) is 10.5. The van der Waals surface area contributed by atoms with E-state index in [1.54, 1.807) is 0 Å². The molecular weight excluding hydrogens is 398 g/mol. The van der Waals surface area contributed by atoms with Crippen LogP contribution in [0.4, 0.5) is 11.4 Å². The monoisotopic (exact) mass is 421 g/mol. The summed E-state index contributed by atoms with van der Waals surface area (Å²) in [4.78, 5) is 12.6. The minimum atomic E-state index is -3.94. The number of rotatable bonds is 7. The largest absolute Gasteiger partial charge is 0.490 e. The van der Waals surface area contributed by atoms with Gasteiger partial charge in [-0.25, -0.2) is 8.42 Å². The fourth-order valence-corrected chi connectivity index (χ4v) is 4.40. The molecule has 0 aliphatic carbocycles. The smallest absolute Gasteiger partial charge is 0.312 e. The van der Waals surface area contributed by atoms with E-state index in [0.717, 1.165) is 30.4 Å². The summed E-state index contributed by atoms with van der Waals surface area (Å²) < 4.78 is 37.6. The first-order valence-electron chi connectivity index (χ1n) is 9.04. The highest BCUT2D eigenvalue weighted by atomic mass is 32.2. The molecule has 29 heavy (non-hydrogen) atoms. The minimum Gasteiger partial charge on any atom is -0.490 e. The Morgan fingerprint density at radius 3 is 2.55 bits per heavy atom. The van der Waals surface area contributed by atoms with Gasteiger partial charge in [0.05, 0.1) is 30.1 Å². The maximum Gasteiger partial charge on any atom is 0.312 e. The zero-order chi connectivity index (χ0) is 21.0. The molecule has 0 N–H and O–H groups in total. The number of para-hydroxylation sites is 1. The van der Waals surface area contributed by atoms with E-state index in [-0.39, 0.29) is 17.2 Å². The fraction of sp³-hybridized carbons (Fsp3) is 0.368. The number of hydrogen-bond acceptors (Lipinski definition) is 7. The molecule has 9 nitrogen and oxygen atoms in total. The van der Waals surface area contributed by atoms with E-state index in [4.69, 9.17) is 9.47 Å². The van der Waals surface area contributed by atoms with E-state index < -0.39 is 20.6 Å². The normalized spacial score (nSPS) is 14.8. The molecule has 0 amide bonds. The Hall–Kier alpha value is -2.69. The topological polar surface area (TPSA) is 102 Å². The molecule has 0 unspecified atom stereocenters. The first kappa shape index (κ1) is 21.0. The van der Waals surface area contributed by atoms with Gasteiger partial charge in [-0.15, -0.1) is 0 Å². The second-order valence-electron chi connectivity index (χ2n) is 6.58. The molecule has 0 spiro atoms. The highest BCUT2D eigenvalue weighted by Gasteiger charge is 2.26. The third-order valence-electron chi connectivity index (χ3n) is 4.79. The summed E-state index contributed by atoms with van der Waals surface area (Å²) >= 11 is 0. The molecule has 2 aromatic carbocycles. The number of nitro benzene ring substituents is 1. The van der Waals surface area contributed by atoms with Crippen LogP contribution in [0.15, 0.2) is 47.4 Å². The van der Waals surface area contributed by atoms with Crippen LogP contribution in [0.1, 0.15) is 5.56 Å². The van der Waals surface area contributed by atoms with Crippen LogP contribution < -0.4 is 9.64 Å². The van der Waals surface area contributed by atoms with Gasteiger partial charge >= 0.3 is 5.69 Å². The van der Waals surface area contributed by atoms with Crippen molar-refractivity contribution in [2.45, 2.75) is 11.4 Å². The van der Waals surface area contributed by atoms with Gasteiger partial charge in [0.2, 0.25) is 10.0 Å². The predicted molar refractivity (Wildman–Crippen MR) is 108 cm³/mol. The molecule has 1 aliphatic heterocycles. The van der Waals surface area contributed by atoms with E-state index in [2.05, 4.69) is 4.90 Å². The summed E-state index contributed by atoms with van der Waals surface area (Å²) in [5.41, 5.74) is 1.41. The number of benzene rings is 2. The lowest BCUT2D eigenvalue weighted by Crippen LogP contribution is -2.37. The number of nitrogens with zero attached hydrogens (tertiary/aromatic N) is 3. The molecule has 0 saturated carbocycles. The van der Waals surface area contributed by atoms with E-state index in [9.17, 15) is 18.5 Å². The van der Waals surface area contributed by atoms with Crippen LogP contribution in [0.3, 0.4) is 0 Å². The van der Waals surface area contributed by atoms with Gasteiger partial charge < -0.3 is 14.4 Å². The summed E-state index contributed by atoms with van der Waals surface area (Å²) in [7, 11) is -1.18. The molecule has 10 heteroatoms. The van der Waals surface area contributed by atoms with Gasteiger partial charge in [-0.2, -0.15) is 4.31 Å². The number of hydrogen-bond donors (Lipinski definition) is 0. The van der Waals surface area contributed by atoms with Crippen molar-refractivity contribution in [3.05, 3.63) is 58.1 Å². The Morgan fingerprint density at radius 1 is 1.21 bits per heavy atom. The number of nitro groups is 1. The summed E-state index contributed by atoms with van der Waals surface area (Å²) in [5.74, 6) is 0.00858. The number of methoxy groups -OCH3 is 1. The van der Waals surface area contributed by atoms with Crippen LogP contribution in [0.25, 0.3) is 0 Å². The molecule has 1 heterocycles. The van der Waals surface area contributed by atoms with Crippen molar-refractivity contribution in [2.24, 2.45) is 0 Å². The van der Waals surface area contributed by atoms with Gasteiger partial charge in [-0.1, -0.05) is 18.2 Å². The number of ether oxygens (including phenoxy) is 2. The van der Waals surface area contributed by atoms with Gasteiger partial charge in [0.15, 0.2) is 5.75 Å². The van der Waals surface area contributed by atoms with Crippen molar-refractivity contribution in [1.29, 1.82) is 0 Å². The van der Waals surface area contributed by atoms with Crippen LogP contribution >= 0.6 is 0 Å². The lowest BCUT2D eigenvalue weighted by atomic mass is 10.1. The van der Waals surface area contributed by atoms with E-state index >= 15 is 0 Å². The van der Waals surface area contributed by atoms with Crippen molar-refractivity contribution in [1.82, 2.24) is 4.31 Å². The Kier molecular flexibility index (Phi) is 6.36. The van der Waals surface area contributed by atoms with Crippen LogP contribution in [-0.4, -0.2) is 58.1 Å². The third kappa shape index (κ3) is 4.50. The summed E-state index contributed by atoms with van der Waals surface area (Å²) in [6, 6.07) is 11.2.